The lowest BCUT2D eigenvalue weighted by Gasteiger charge is -2.16. The number of hydrogen-bond donors (Lipinski definition) is 3. The van der Waals surface area contributed by atoms with E-state index in [1.165, 1.54) is 0 Å². The molecule has 2 atom stereocenters. The molecule has 0 aliphatic rings. The van der Waals surface area contributed by atoms with Gasteiger partial charge in [0.25, 0.3) is 0 Å². The fraction of sp³-hybridized carbons (Fsp3) is 0.455. The van der Waals surface area contributed by atoms with Gasteiger partial charge in [-0.3, -0.25) is 14.9 Å². The highest BCUT2D eigenvalue weighted by Gasteiger charge is 2.17. The van der Waals surface area contributed by atoms with E-state index in [-0.39, 0.29) is 5.91 Å². The Hall–Kier alpha value is -1.82. The van der Waals surface area contributed by atoms with Crippen molar-refractivity contribution in [3.05, 3.63) is 24.2 Å². The topological polar surface area (TPSA) is 97.4 Å². The van der Waals surface area contributed by atoms with Gasteiger partial charge >= 0.3 is 0 Å². The Balaban J connectivity index is 2.34. The molecule has 6 heteroatoms. The van der Waals surface area contributed by atoms with Gasteiger partial charge in [-0.1, -0.05) is 0 Å². The molecule has 1 aromatic rings. The molecule has 1 rings (SSSR count). The average Bonchev–Trinajstić information content (AvgIpc) is 2.78. The van der Waals surface area contributed by atoms with E-state index in [1.54, 1.807) is 32.2 Å². The largest absolute Gasteiger partial charge is 0.467 e. The van der Waals surface area contributed by atoms with Gasteiger partial charge < -0.3 is 15.5 Å². The van der Waals surface area contributed by atoms with Crippen molar-refractivity contribution in [2.75, 3.05) is 0 Å². The van der Waals surface area contributed by atoms with E-state index in [9.17, 15) is 9.59 Å². The molecule has 17 heavy (non-hydrogen) atoms. The van der Waals surface area contributed by atoms with Gasteiger partial charge in [-0.2, -0.15) is 0 Å². The van der Waals surface area contributed by atoms with Crippen LogP contribution in [0.1, 0.15) is 19.6 Å². The molecule has 0 saturated heterocycles. The summed E-state index contributed by atoms with van der Waals surface area (Å²) in [5.74, 6) is -0.0290. The van der Waals surface area contributed by atoms with Crippen molar-refractivity contribution >= 4 is 11.8 Å². The number of hydrogen-bond acceptors (Lipinski definition) is 4. The fourth-order valence-electron chi connectivity index (χ4n) is 1.27. The molecule has 0 fully saturated rings. The Morgan fingerprint density at radius 1 is 1.41 bits per heavy atom. The average molecular weight is 239 g/mol. The molecule has 94 valence electrons. The highest BCUT2D eigenvalue weighted by molar-refractivity contribution is 5.83. The molecule has 1 aromatic heterocycles. The smallest absolute Gasteiger partial charge is 0.237 e. The van der Waals surface area contributed by atoms with Gasteiger partial charge in [0.15, 0.2) is 0 Å². The van der Waals surface area contributed by atoms with Crippen molar-refractivity contribution in [2.45, 2.75) is 32.5 Å². The standard InChI is InChI=1S/C11H17N3O3/c1-7(10(12)15)14-8(2)11(16)13-6-9-4-3-5-17-9/h3-5,7-8,14H,6H2,1-2H3,(H2,12,15)(H,13,16). The van der Waals surface area contributed by atoms with E-state index < -0.39 is 18.0 Å². The van der Waals surface area contributed by atoms with Gasteiger partial charge in [0.2, 0.25) is 11.8 Å². The second kappa shape index (κ2) is 6.05. The van der Waals surface area contributed by atoms with Crippen LogP contribution in [0.4, 0.5) is 0 Å². The predicted octanol–water partition coefficient (Wildman–Crippen LogP) is -0.252. The summed E-state index contributed by atoms with van der Waals surface area (Å²) >= 11 is 0. The summed E-state index contributed by atoms with van der Waals surface area (Å²) in [7, 11) is 0. The number of nitrogens with two attached hydrogens (primary N) is 1. The summed E-state index contributed by atoms with van der Waals surface area (Å²) < 4.78 is 5.07. The Morgan fingerprint density at radius 3 is 2.65 bits per heavy atom. The fourth-order valence-corrected chi connectivity index (χ4v) is 1.27. The highest BCUT2D eigenvalue weighted by Crippen LogP contribution is 1.98. The van der Waals surface area contributed by atoms with Crippen LogP contribution in [0.3, 0.4) is 0 Å². The Labute approximate surface area is 99.5 Å². The minimum absolute atomic E-state index is 0.213. The highest BCUT2D eigenvalue weighted by atomic mass is 16.3. The first-order valence-electron chi connectivity index (χ1n) is 5.36. The lowest BCUT2D eigenvalue weighted by atomic mass is 10.2. The predicted molar refractivity (Wildman–Crippen MR) is 61.8 cm³/mol. The van der Waals surface area contributed by atoms with Crippen LogP contribution < -0.4 is 16.4 Å². The molecule has 1 heterocycles. The zero-order chi connectivity index (χ0) is 12.8. The first kappa shape index (κ1) is 13.2. The van der Waals surface area contributed by atoms with Crippen molar-refractivity contribution < 1.29 is 14.0 Å². The quantitative estimate of drug-likeness (QED) is 0.637. The maximum atomic E-state index is 11.6. The maximum absolute atomic E-state index is 11.6. The van der Waals surface area contributed by atoms with Crippen LogP contribution in [0.2, 0.25) is 0 Å². The van der Waals surface area contributed by atoms with Crippen LogP contribution in [0.5, 0.6) is 0 Å². The third-order valence-electron chi connectivity index (χ3n) is 2.34. The number of nitrogens with one attached hydrogen (secondary N) is 2. The van der Waals surface area contributed by atoms with Crippen LogP contribution in [0.25, 0.3) is 0 Å². The number of carbonyl (C=O) groups excluding carboxylic acids is 2. The molecule has 6 nitrogen and oxygen atoms in total. The second-order valence-electron chi connectivity index (χ2n) is 3.81. The van der Waals surface area contributed by atoms with Crippen molar-refractivity contribution in [3.8, 4) is 0 Å². The van der Waals surface area contributed by atoms with Crippen molar-refractivity contribution in [2.24, 2.45) is 5.73 Å². The van der Waals surface area contributed by atoms with Crippen molar-refractivity contribution in [3.63, 3.8) is 0 Å². The van der Waals surface area contributed by atoms with E-state index in [0.717, 1.165) is 0 Å². The van der Waals surface area contributed by atoms with Gasteiger partial charge in [0.1, 0.15) is 5.76 Å². The first-order chi connectivity index (χ1) is 8.00. The number of carbonyl (C=O) groups is 2. The molecular weight excluding hydrogens is 222 g/mol. The van der Waals surface area contributed by atoms with Crippen LogP contribution in [0, 0.1) is 0 Å². The van der Waals surface area contributed by atoms with Crippen LogP contribution in [0.15, 0.2) is 22.8 Å². The summed E-state index contributed by atoms with van der Waals surface area (Å²) in [5, 5.41) is 5.47. The third-order valence-corrected chi connectivity index (χ3v) is 2.34. The van der Waals surface area contributed by atoms with Crippen molar-refractivity contribution in [1.82, 2.24) is 10.6 Å². The van der Waals surface area contributed by atoms with Gasteiger partial charge in [0, 0.05) is 0 Å². The summed E-state index contributed by atoms with van der Waals surface area (Å²) in [6, 6.07) is 2.48. The zero-order valence-corrected chi connectivity index (χ0v) is 9.90. The van der Waals surface area contributed by atoms with E-state index >= 15 is 0 Å². The molecule has 0 aliphatic carbocycles. The molecule has 0 aromatic carbocycles. The summed E-state index contributed by atoms with van der Waals surface area (Å²) in [6.07, 6.45) is 1.54. The number of rotatable bonds is 6. The normalized spacial score (nSPS) is 14.0. The second-order valence-corrected chi connectivity index (χ2v) is 3.81. The SMILES string of the molecule is CC(NC(C)C(=O)NCc1ccco1)C(N)=O. The third kappa shape index (κ3) is 4.28. The lowest BCUT2D eigenvalue weighted by molar-refractivity contribution is -0.124. The van der Waals surface area contributed by atoms with Crippen LogP contribution in [-0.4, -0.2) is 23.9 Å². The van der Waals surface area contributed by atoms with Crippen LogP contribution >= 0.6 is 0 Å². The number of primary amides is 1. The Kier molecular flexibility index (Phi) is 4.71. The minimum Gasteiger partial charge on any atom is -0.467 e. The summed E-state index contributed by atoms with van der Waals surface area (Å²) in [6.45, 7) is 3.60. The molecule has 0 bridgehead atoms. The summed E-state index contributed by atoms with van der Waals surface area (Å²) in [4.78, 5) is 22.4. The first-order valence-corrected chi connectivity index (χ1v) is 5.36. The minimum atomic E-state index is -0.542. The lowest BCUT2D eigenvalue weighted by Crippen LogP contribution is -2.49. The van der Waals surface area contributed by atoms with E-state index in [0.29, 0.717) is 12.3 Å². The maximum Gasteiger partial charge on any atom is 0.237 e. The molecule has 0 aliphatic heterocycles. The van der Waals surface area contributed by atoms with E-state index in [4.69, 9.17) is 10.2 Å². The molecular formula is C11H17N3O3. The molecule has 4 N–H and O–H groups in total. The zero-order valence-electron chi connectivity index (χ0n) is 9.90. The van der Waals surface area contributed by atoms with E-state index in [2.05, 4.69) is 10.6 Å². The van der Waals surface area contributed by atoms with Crippen molar-refractivity contribution in [1.29, 1.82) is 0 Å². The molecule has 0 radical (unpaired) electrons. The Bertz CT molecular complexity index is 375. The monoisotopic (exact) mass is 239 g/mol. The van der Waals surface area contributed by atoms with Crippen LogP contribution in [-0.2, 0) is 16.1 Å². The van der Waals surface area contributed by atoms with Gasteiger partial charge in [-0.25, -0.2) is 0 Å². The van der Waals surface area contributed by atoms with Gasteiger partial charge in [-0.15, -0.1) is 0 Å². The number of amides is 2. The summed E-state index contributed by atoms with van der Waals surface area (Å²) in [5.41, 5.74) is 5.09. The van der Waals surface area contributed by atoms with Gasteiger partial charge in [0.05, 0.1) is 24.9 Å². The molecule has 0 spiro atoms. The molecule has 2 amide bonds. The van der Waals surface area contributed by atoms with E-state index in [1.807, 2.05) is 0 Å². The molecule has 2 unspecified atom stereocenters. The number of furan rings is 1. The molecule has 0 saturated carbocycles. The van der Waals surface area contributed by atoms with Gasteiger partial charge in [-0.05, 0) is 26.0 Å². The Morgan fingerprint density at radius 2 is 2.12 bits per heavy atom.